The number of hydrogen-bond donors (Lipinski definition) is 2. The highest BCUT2D eigenvalue weighted by Gasteiger charge is 2.23. The van der Waals surface area contributed by atoms with Crippen molar-refractivity contribution in [2.24, 2.45) is 5.73 Å². The van der Waals surface area contributed by atoms with Crippen molar-refractivity contribution >= 4 is 0 Å². The van der Waals surface area contributed by atoms with Gasteiger partial charge in [-0.3, -0.25) is 0 Å². The van der Waals surface area contributed by atoms with Gasteiger partial charge in [-0.15, -0.1) is 0 Å². The molecule has 2 aromatic rings. The van der Waals surface area contributed by atoms with E-state index in [9.17, 15) is 0 Å². The lowest BCUT2D eigenvalue weighted by Crippen LogP contribution is -2.44. The Kier molecular flexibility index (Phi) is 6.41. The lowest BCUT2D eigenvalue weighted by atomic mass is 9.95. The highest BCUT2D eigenvalue weighted by atomic mass is 15.1. The van der Waals surface area contributed by atoms with E-state index in [1.165, 1.54) is 37.1 Å². The summed E-state index contributed by atoms with van der Waals surface area (Å²) in [7, 11) is 0. The van der Waals surface area contributed by atoms with E-state index in [1.54, 1.807) is 0 Å². The fourth-order valence-corrected chi connectivity index (χ4v) is 3.55. The van der Waals surface area contributed by atoms with E-state index in [4.69, 9.17) is 5.73 Å². The van der Waals surface area contributed by atoms with E-state index in [0.29, 0.717) is 6.04 Å². The summed E-state index contributed by atoms with van der Waals surface area (Å²) < 4.78 is 0. The molecule has 0 amide bonds. The van der Waals surface area contributed by atoms with Gasteiger partial charge in [0.15, 0.2) is 0 Å². The average Bonchev–Trinajstić information content (AvgIpc) is 2.67. The van der Waals surface area contributed by atoms with Gasteiger partial charge < -0.3 is 16.0 Å². The van der Waals surface area contributed by atoms with Gasteiger partial charge in [-0.1, -0.05) is 60.7 Å². The van der Waals surface area contributed by atoms with E-state index >= 15 is 0 Å². The number of hydrogen-bond acceptors (Lipinski definition) is 3. The maximum absolute atomic E-state index is 5.63. The quantitative estimate of drug-likeness (QED) is 0.822. The molecule has 1 fully saturated rings. The van der Waals surface area contributed by atoms with Crippen LogP contribution in [0.4, 0.5) is 0 Å². The predicted octanol–water partition coefficient (Wildman–Crippen LogP) is 3.18. The predicted molar refractivity (Wildman–Crippen MR) is 101 cm³/mol. The van der Waals surface area contributed by atoms with Gasteiger partial charge in [0.05, 0.1) is 6.04 Å². The van der Waals surface area contributed by atoms with E-state index in [1.807, 2.05) is 0 Å². The Labute approximate surface area is 145 Å². The zero-order chi connectivity index (χ0) is 16.6. The van der Waals surface area contributed by atoms with Crippen LogP contribution in [0.15, 0.2) is 60.7 Å². The zero-order valence-corrected chi connectivity index (χ0v) is 14.4. The first-order valence-electron chi connectivity index (χ1n) is 9.15. The van der Waals surface area contributed by atoms with Crippen LogP contribution in [0.25, 0.3) is 0 Å². The van der Waals surface area contributed by atoms with Crippen LogP contribution in [0.1, 0.15) is 36.4 Å². The first kappa shape index (κ1) is 17.2. The Bertz CT molecular complexity index is 537. The van der Waals surface area contributed by atoms with Crippen LogP contribution in [0.2, 0.25) is 0 Å². The van der Waals surface area contributed by atoms with Crippen LogP contribution in [-0.2, 0) is 0 Å². The number of nitrogens with two attached hydrogens (primary N) is 1. The van der Waals surface area contributed by atoms with Gasteiger partial charge in [0.1, 0.15) is 0 Å². The standard InChI is InChI=1S/C21H29N3/c22-14-7-15-24-16-12-20(13-17-24)23-21(18-8-3-1-4-9-18)19-10-5-2-6-11-19/h1-6,8-11,20-21,23H,7,12-17,22H2. The van der Waals surface area contributed by atoms with Gasteiger partial charge >= 0.3 is 0 Å². The minimum atomic E-state index is 0.271. The van der Waals surface area contributed by atoms with Crippen molar-refractivity contribution < 1.29 is 0 Å². The maximum atomic E-state index is 5.63. The monoisotopic (exact) mass is 323 g/mol. The summed E-state index contributed by atoms with van der Waals surface area (Å²) in [6, 6.07) is 22.4. The van der Waals surface area contributed by atoms with Crippen LogP contribution >= 0.6 is 0 Å². The van der Waals surface area contributed by atoms with Crippen LogP contribution in [0, 0.1) is 0 Å². The molecule has 3 N–H and O–H groups in total. The molecule has 128 valence electrons. The van der Waals surface area contributed by atoms with Crippen LogP contribution in [0.5, 0.6) is 0 Å². The van der Waals surface area contributed by atoms with E-state index in [2.05, 4.69) is 70.9 Å². The first-order valence-corrected chi connectivity index (χ1v) is 9.15. The van der Waals surface area contributed by atoms with Gasteiger partial charge in [-0.2, -0.15) is 0 Å². The summed E-state index contributed by atoms with van der Waals surface area (Å²) >= 11 is 0. The second kappa shape index (κ2) is 8.97. The van der Waals surface area contributed by atoms with Gasteiger partial charge in [0, 0.05) is 6.04 Å². The topological polar surface area (TPSA) is 41.3 Å². The molecule has 0 unspecified atom stereocenters. The lowest BCUT2D eigenvalue weighted by Gasteiger charge is -2.35. The van der Waals surface area contributed by atoms with Crippen molar-refractivity contribution in [2.75, 3.05) is 26.2 Å². The molecular formula is C21H29N3. The molecule has 1 aliphatic rings. The van der Waals surface area contributed by atoms with Crippen LogP contribution in [-0.4, -0.2) is 37.1 Å². The molecule has 3 nitrogen and oxygen atoms in total. The van der Waals surface area contributed by atoms with Crippen molar-refractivity contribution in [3.63, 3.8) is 0 Å². The highest BCUT2D eigenvalue weighted by Crippen LogP contribution is 2.24. The Balaban J connectivity index is 1.65. The molecule has 1 heterocycles. The average molecular weight is 323 g/mol. The Morgan fingerprint density at radius 3 is 1.96 bits per heavy atom. The van der Waals surface area contributed by atoms with E-state index < -0.39 is 0 Å². The molecule has 0 radical (unpaired) electrons. The third-order valence-electron chi connectivity index (χ3n) is 4.93. The molecule has 2 aromatic carbocycles. The van der Waals surface area contributed by atoms with Gasteiger partial charge in [-0.25, -0.2) is 0 Å². The second-order valence-electron chi connectivity index (χ2n) is 6.68. The molecule has 0 atom stereocenters. The Morgan fingerprint density at radius 1 is 0.917 bits per heavy atom. The fraction of sp³-hybridized carbons (Fsp3) is 0.429. The number of rotatable bonds is 7. The van der Waals surface area contributed by atoms with Crippen molar-refractivity contribution in [2.45, 2.75) is 31.3 Å². The van der Waals surface area contributed by atoms with Crippen molar-refractivity contribution in [3.05, 3.63) is 71.8 Å². The van der Waals surface area contributed by atoms with Crippen molar-refractivity contribution in [1.82, 2.24) is 10.2 Å². The second-order valence-corrected chi connectivity index (χ2v) is 6.68. The zero-order valence-electron chi connectivity index (χ0n) is 14.4. The summed E-state index contributed by atoms with van der Waals surface area (Å²) in [5, 5.41) is 3.91. The van der Waals surface area contributed by atoms with Gasteiger partial charge in [-0.05, 0) is 56.6 Å². The summed E-state index contributed by atoms with van der Waals surface area (Å²) in [6.45, 7) is 4.29. The third-order valence-corrected chi connectivity index (χ3v) is 4.93. The van der Waals surface area contributed by atoms with E-state index in [0.717, 1.165) is 19.5 Å². The first-order chi connectivity index (χ1) is 11.9. The normalized spacial score (nSPS) is 16.6. The largest absolute Gasteiger partial charge is 0.330 e. The van der Waals surface area contributed by atoms with Gasteiger partial charge in [0.2, 0.25) is 0 Å². The minimum absolute atomic E-state index is 0.271. The molecule has 1 aliphatic heterocycles. The highest BCUT2D eigenvalue weighted by molar-refractivity contribution is 5.31. The summed E-state index contributed by atoms with van der Waals surface area (Å²) in [5.41, 5.74) is 8.31. The smallest absolute Gasteiger partial charge is 0.0578 e. The summed E-state index contributed by atoms with van der Waals surface area (Å²) in [5.74, 6) is 0. The number of likely N-dealkylation sites (tertiary alicyclic amines) is 1. The number of nitrogens with one attached hydrogen (secondary N) is 1. The Hall–Kier alpha value is -1.68. The molecular weight excluding hydrogens is 294 g/mol. The summed E-state index contributed by atoms with van der Waals surface area (Å²) in [6.07, 6.45) is 3.52. The van der Waals surface area contributed by atoms with Crippen molar-refractivity contribution in [1.29, 1.82) is 0 Å². The third kappa shape index (κ3) is 4.67. The molecule has 3 rings (SSSR count). The molecule has 0 saturated carbocycles. The maximum Gasteiger partial charge on any atom is 0.0578 e. The molecule has 1 saturated heterocycles. The molecule has 0 bridgehead atoms. The molecule has 3 heteroatoms. The van der Waals surface area contributed by atoms with Crippen LogP contribution in [0.3, 0.4) is 0 Å². The number of piperidine rings is 1. The molecule has 0 aliphatic carbocycles. The van der Waals surface area contributed by atoms with Crippen LogP contribution < -0.4 is 11.1 Å². The molecule has 24 heavy (non-hydrogen) atoms. The fourth-order valence-electron chi connectivity index (χ4n) is 3.55. The van der Waals surface area contributed by atoms with E-state index in [-0.39, 0.29) is 6.04 Å². The molecule has 0 spiro atoms. The SMILES string of the molecule is NCCCN1CCC(NC(c2ccccc2)c2ccccc2)CC1. The van der Waals surface area contributed by atoms with Crippen molar-refractivity contribution in [3.8, 4) is 0 Å². The van der Waals surface area contributed by atoms with Gasteiger partial charge in [0.25, 0.3) is 0 Å². The number of nitrogens with zero attached hydrogens (tertiary/aromatic N) is 1. The number of benzene rings is 2. The lowest BCUT2D eigenvalue weighted by molar-refractivity contribution is 0.193. The summed E-state index contributed by atoms with van der Waals surface area (Å²) in [4.78, 5) is 2.55. The minimum Gasteiger partial charge on any atom is -0.330 e. The molecule has 0 aromatic heterocycles. The Morgan fingerprint density at radius 2 is 1.46 bits per heavy atom.